The van der Waals surface area contributed by atoms with Crippen molar-refractivity contribution in [2.45, 2.75) is 0 Å². The number of aromatic nitrogens is 1. The Morgan fingerprint density at radius 3 is 1.49 bits per heavy atom. The first-order chi connectivity index (χ1) is 26.2. The summed E-state index contributed by atoms with van der Waals surface area (Å²) >= 11 is 0. The highest BCUT2D eigenvalue weighted by atomic mass is 15.0. The fraction of sp³-hybridized carbons (Fsp3) is 0. The first kappa shape index (κ1) is 29.7. The van der Waals surface area contributed by atoms with Gasteiger partial charge in [-0.2, -0.15) is 0 Å². The van der Waals surface area contributed by atoms with E-state index in [9.17, 15) is 0 Å². The Kier molecular flexibility index (Phi) is 6.62. The van der Waals surface area contributed by atoms with Crippen LogP contribution in [-0.2, 0) is 0 Å². The maximum Gasteiger partial charge on any atom is 0.0541 e. The van der Waals surface area contributed by atoms with Crippen molar-refractivity contribution >= 4 is 64.9 Å². The Balaban J connectivity index is 0.945. The van der Waals surface area contributed by atoms with Crippen LogP contribution in [0.5, 0.6) is 0 Å². The van der Waals surface area contributed by atoms with E-state index in [-0.39, 0.29) is 0 Å². The molecule has 0 aliphatic heterocycles. The van der Waals surface area contributed by atoms with Crippen molar-refractivity contribution in [3.63, 3.8) is 0 Å². The van der Waals surface area contributed by atoms with Crippen LogP contribution in [0.15, 0.2) is 200 Å². The van der Waals surface area contributed by atoms with E-state index >= 15 is 0 Å². The van der Waals surface area contributed by atoms with E-state index in [4.69, 9.17) is 0 Å². The summed E-state index contributed by atoms with van der Waals surface area (Å²) < 4.78 is 2.41. The van der Waals surface area contributed by atoms with Crippen LogP contribution >= 0.6 is 0 Å². The molecule has 10 aromatic carbocycles. The summed E-state index contributed by atoms with van der Waals surface area (Å²) in [6.07, 6.45) is 0. The molecule has 1 aromatic heterocycles. The van der Waals surface area contributed by atoms with Crippen molar-refractivity contribution in [1.29, 1.82) is 0 Å². The zero-order valence-corrected chi connectivity index (χ0v) is 29.0. The van der Waals surface area contributed by atoms with Gasteiger partial charge in [-0.15, -0.1) is 0 Å². The standard InChI is InChI=1S/C52H33N/c1-2-9-38-29-40(19-17-34(38)7-1)41-20-21-43-32-46(26-23-42(43)30-41)53-51-12-6-5-11-49(51)50-33-44(25-28-52(50)53)36-15-13-35(14-16-36)39-24-27-48-45(31-39)22-18-37-8-3-4-10-47(37)48/h1-33H. The summed E-state index contributed by atoms with van der Waals surface area (Å²) in [7, 11) is 0. The molecule has 1 nitrogen and oxygen atoms in total. The third-order valence-electron chi connectivity index (χ3n) is 11.1. The van der Waals surface area contributed by atoms with E-state index in [0.29, 0.717) is 0 Å². The second-order valence-corrected chi connectivity index (χ2v) is 14.2. The molecule has 0 spiro atoms. The quantitative estimate of drug-likeness (QED) is 0.164. The third-order valence-corrected chi connectivity index (χ3v) is 11.1. The third kappa shape index (κ3) is 4.93. The number of hydrogen-bond donors (Lipinski definition) is 0. The molecule has 0 fully saturated rings. The molecular formula is C52H33N. The molecule has 0 N–H and O–H groups in total. The van der Waals surface area contributed by atoms with Gasteiger partial charge in [-0.1, -0.05) is 152 Å². The summed E-state index contributed by atoms with van der Waals surface area (Å²) in [4.78, 5) is 0. The molecule has 0 aliphatic rings. The number of hydrogen-bond acceptors (Lipinski definition) is 0. The van der Waals surface area contributed by atoms with Crippen LogP contribution in [-0.4, -0.2) is 4.57 Å². The fourth-order valence-electron chi connectivity index (χ4n) is 8.40. The van der Waals surface area contributed by atoms with Crippen LogP contribution < -0.4 is 0 Å². The maximum absolute atomic E-state index is 2.41. The van der Waals surface area contributed by atoms with Crippen molar-refractivity contribution in [2.75, 3.05) is 0 Å². The molecule has 0 atom stereocenters. The van der Waals surface area contributed by atoms with E-state index in [1.807, 2.05) is 0 Å². The van der Waals surface area contributed by atoms with Crippen molar-refractivity contribution in [3.8, 4) is 39.1 Å². The number of fused-ring (bicyclic) bond motifs is 8. The lowest BCUT2D eigenvalue weighted by Crippen LogP contribution is -1.94. The van der Waals surface area contributed by atoms with Gasteiger partial charge in [0.05, 0.1) is 11.0 Å². The highest BCUT2D eigenvalue weighted by molar-refractivity contribution is 6.11. The van der Waals surface area contributed by atoms with Crippen LogP contribution in [0, 0.1) is 0 Å². The summed E-state index contributed by atoms with van der Waals surface area (Å²) in [5.74, 6) is 0. The SMILES string of the molecule is c1ccc2cc(-c3ccc4cc(-n5c6ccccc6c6cc(-c7ccc(-c8ccc9c(ccc%10ccccc%109)c8)cc7)ccc65)ccc4c3)ccc2c1. The second-order valence-electron chi connectivity index (χ2n) is 14.2. The van der Waals surface area contributed by atoms with Gasteiger partial charge in [0.15, 0.2) is 0 Å². The van der Waals surface area contributed by atoms with Crippen molar-refractivity contribution in [2.24, 2.45) is 0 Å². The topological polar surface area (TPSA) is 4.93 Å². The normalized spacial score (nSPS) is 11.8. The molecule has 1 heterocycles. The summed E-state index contributed by atoms with van der Waals surface area (Å²) in [6.45, 7) is 0. The number of rotatable bonds is 4. The molecule has 11 rings (SSSR count). The average molecular weight is 672 g/mol. The van der Waals surface area contributed by atoms with E-state index in [0.717, 1.165) is 0 Å². The molecule has 11 aromatic rings. The highest BCUT2D eigenvalue weighted by Gasteiger charge is 2.14. The minimum Gasteiger partial charge on any atom is -0.309 e. The number of nitrogens with zero attached hydrogens (tertiary/aromatic N) is 1. The van der Waals surface area contributed by atoms with Crippen LogP contribution in [0.2, 0.25) is 0 Å². The van der Waals surface area contributed by atoms with Crippen LogP contribution in [0.1, 0.15) is 0 Å². The van der Waals surface area contributed by atoms with Crippen LogP contribution in [0.4, 0.5) is 0 Å². The lowest BCUT2D eigenvalue weighted by Gasteiger charge is -2.11. The predicted octanol–water partition coefficient (Wildman–Crippen LogP) is 14.4. The first-order valence-corrected chi connectivity index (χ1v) is 18.3. The maximum atomic E-state index is 2.41. The smallest absolute Gasteiger partial charge is 0.0541 e. The molecule has 0 saturated carbocycles. The Morgan fingerprint density at radius 1 is 0.226 bits per heavy atom. The predicted molar refractivity (Wildman–Crippen MR) is 227 cm³/mol. The van der Waals surface area contributed by atoms with Gasteiger partial charge in [0.2, 0.25) is 0 Å². The fourth-order valence-corrected chi connectivity index (χ4v) is 8.40. The van der Waals surface area contributed by atoms with Gasteiger partial charge in [-0.3, -0.25) is 0 Å². The Hall–Kier alpha value is -6.96. The Bertz CT molecular complexity index is 3220. The summed E-state index contributed by atoms with van der Waals surface area (Å²) in [6, 6.07) is 73.6. The molecule has 0 bridgehead atoms. The largest absolute Gasteiger partial charge is 0.309 e. The van der Waals surface area contributed by atoms with E-state index in [1.54, 1.807) is 0 Å². The monoisotopic (exact) mass is 671 g/mol. The molecule has 0 aliphatic carbocycles. The number of para-hydroxylation sites is 1. The van der Waals surface area contributed by atoms with E-state index < -0.39 is 0 Å². The van der Waals surface area contributed by atoms with Crippen molar-refractivity contribution in [3.05, 3.63) is 200 Å². The molecule has 0 radical (unpaired) electrons. The van der Waals surface area contributed by atoms with Gasteiger partial charge in [-0.25, -0.2) is 0 Å². The minimum atomic E-state index is 1.17. The summed E-state index contributed by atoms with van der Waals surface area (Å²) in [5.41, 5.74) is 11.0. The zero-order chi connectivity index (χ0) is 34.9. The van der Waals surface area contributed by atoms with E-state index in [2.05, 4.69) is 205 Å². The van der Waals surface area contributed by atoms with Crippen LogP contribution in [0.25, 0.3) is 104 Å². The molecule has 53 heavy (non-hydrogen) atoms. The molecule has 0 amide bonds. The van der Waals surface area contributed by atoms with Gasteiger partial charge in [0.25, 0.3) is 0 Å². The van der Waals surface area contributed by atoms with Crippen molar-refractivity contribution < 1.29 is 0 Å². The molecule has 1 heteroatoms. The van der Waals surface area contributed by atoms with Gasteiger partial charge in [0.1, 0.15) is 0 Å². The Morgan fingerprint density at radius 2 is 0.679 bits per heavy atom. The lowest BCUT2D eigenvalue weighted by atomic mass is 9.96. The Labute approximate surface area is 307 Å². The van der Waals surface area contributed by atoms with Crippen LogP contribution in [0.3, 0.4) is 0 Å². The van der Waals surface area contributed by atoms with Gasteiger partial charge >= 0.3 is 0 Å². The zero-order valence-electron chi connectivity index (χ0n) is 29.0. The van der Waals surface area contributed by atoms with Gasteiger partial charge in [0, 0.05) is 16.5 Å². The van der Waals surface area contributed by atoms with E-state index in [1.165, 1.54) is 104 Å². The molecule has 0 saturated heterocycles. The molecular weight excluding hydrogens is 639 g/mol. The van der Waals surface area contributed by atoms with Gasteiger partial charge < -0.3 is 4.57 Å². The highest BCUT2D eigenvalue weighted by Crippen LogP contribution is 2.37. The summed E-state index contributed by atoms with van der Waals surface area (Å²) in [5, 5.41) is 12.7. The van der Waals surface area contributed by atoms with Gasteiger partial charge in [-0.05, 0) is 125 Å². The van der Waals surface area contributed by atoms with Crippen molar-refractivity contribution in [1.82, 2.24) is 4.57 Å². The molecule has 246 valence electrons. The average Bonchev–Trinajstić information content (AvgIpc) is 3.56. The lowest BCUT2D eigenvalue weighted by molar-refractivity contribution is 1.19. The molecule has 0 unspecified atom stereocenters. The number of benzene rings is 10. The minimum absolute atomic E-state index is 1.17. The first-order valence-electron chi connectivity index (χ1n) is 18.3. The second kappa shape index (κ2) is 11.8.